The summed E-state index contributed by atoms with van der Waals surface area (Å²) in [5, 5.41) is 17.1. The van der Waals surface area contributed by atoms with Gasteiger partial charge in [-0.15, -0.1) is 0 Å². The molecule has 0 radical (unpaired) electrons. The number of aliphatic hydroxyl groups is 1. The highest BCUT2D eigenvalue weighted by Crippen LogP contribution is 2.05. The lowest BCUT2D eigenvalue weighted by atomic mass is 10.0. The third-order valence-corrected chi connectivity index (χ3v) is 1.07. The van der Waals surface area contributed by atoms with Crippen molar-refractivity contribution < 1.29 is 5.11 Å². The van der Waals surface area contributed by atoms with E-state index in [9.17, 15) is 0 Å². The van der Waals surface area contributed by atoms with E-state index in [-0.39, 0.29) is 6.42 Å². The third-order valence-electron chi connectivity index (χ3n) is 1.07. The van der Waals surface area contributed by atoms with Gasteiger partial charge in [-0.05, 0) is 12.3 Å². The molecule has 0 unspecified atom stereocenters. The van der Waals surface area contributed by atoms with E-state index < -0.39 is 6.10 Å². The SMILES string of the molecule is CC(C)C[C@H](O)CC#N. The molecule has 0 saturated heterocycles. The lowest BCUT2D eigenvalue weighted by Gasteiger charge is -2.07. The van der Waals surface area contributed by atoms with Crippen LogP contribution in [0.15, 0.2) is 0 Å². The molecule has 0 aliphatic heterocycles. The van der Waals surface area contributed by atoms with Crippen LogP contribution in [0.4, 0.5) is 0 Å². The lowest BCUT2D eigenvalue weighted by Crippen LogP contribution is -2.08. The first-order chi connectivity index (χ1) is 4.16. The molecule has 0 amide bonds. The first-order valence-corrected chi connectivity index (χ1v) is 3.21. The highest BCUT2D eigenvalue weighted by Gasteiger charge is 2.04. The summed E-state index contributed by atoms with van der Waals surface area (Å²) in [7, 11) is 0. The Bertz CT molecular complexity index is 104. The molecule has 1 N–H and O–H groups in total. The maximum atomic E-state index is 9.00. The molecular weight excluding hydrogens is 114 g/mol. The summed E-state index contributed by atoms with van der Waals surface area (Å²) in [6.45, 7) is 4.06. The predicted molar refractivity (Wildman–Crippen MR) is 35.7 cm³/mol. The van der Waals surface area contributed by atoms with Crippen molar-refractivity contribution >= 4 is 0 Å². The molecule has 0 fully saturated rings. The second-order valence-electron chi connectivity index (χ2n) is 2.65. The Labute approximate surface area is 56.1 Å². The van der Waals surface area contributed by atoms with Gasteiger partial charge in [-0.1, -0.05) is 13.8 Å². The van der Waals surface area contributed by atoms with Crippen LogP contribution in [0.3, 0.4) is 0 Å². The molecule has 0 bridgehead atoms. The fourth-order valence-electron chi connectivity index (χ4n) is 0.733. The predicted octanol–water partition coefficient (Wildman–Crippen LogP) is 1.31. The van der Waals surface area contributed by atoms with Crippen molar-refractivity contribution in [3.8, 4) is 6.07 Å². The number of aliphatic hydroxyl groups excluding tert-OH is 1. The van der Waals surface area contributed by atoms with Gasteiger partial charge in [0, 0.05) is 0 Å². The van der Waals surface area contributed by atoms with Crippen molar-refractivity contribution in [2.24, 2.45) is 5.92 Å². The molecule has 2 heteroatoms. The van der Waals surface area contributed by atoms with Gasteiger partial charge in [0.05, 0.1) is 18.6 Å². The molecule has 1 atom stereocenters. The maximum absolute atomic E-state index is 9.00. The van der Waals surface area contributed by atoms with Crippen LogP contribution >= 0.6 is 0 Å². The van der Waals surface area contributed by atoms with Gasteiger partial charge in [0.15, 0.2) is 0 Å². The van der Waals surface area contributed by atoms with Gasteiger partial charge in [-0.3, -0.25) is 0 Å². The number of nitriles is 1. The molecule has 0 spiro atoms. The Kier molecular flexibility index (Phi) is 4.08. The van der Waals surface area contributed by atoms with E-state index in [0.29, 0.717) is 5.92 Å². The van der Waals surface area contributed by atoms with Gasteiger partial charge >= 0.3 is 0 Å². The topological polar surface area (TPSA) is 44.0 Å². The van der Waals surface area contributed by atoms with E-state index in [0.717, 1.165) is 6.42 Å². The summed E-state index contributed by atoms with van der Waals surface area (Å²) in [6, 6.07) is 1.92. The molecular formula is C7H13NO. The molecule has 0 aliphatic carbocycles. The fourth-order valence-corrected chi connectivity index (χ4v) is 0.733. The van der Waals surface area contributed by atoms with E-state index in [2.05, 4.69) is 0 Å². The van der Waals surface area contributed by atoms with Gasteiger partial charge in [0.2, 0.25) is 0 Å². The average Bonchev–Trinajstić information content (AvgIpc) is 1.63. The molecule has 52 valence electrons. The zero-order valence-corrected chi connectivity index (χ0v) is 5.96. The summed E-state index contributed by atoms with van der Waals surface area (Å²) < 4.78 is 0. The third kappa shape index (κ3) is 5.32. The van der Waals surface area contributed by atoms with Gasteiger partial charge in [0.1, 0.15) is 0 Å². The summed E-state index contributed by atoms with van der Waals surface area (Å²) in [5.74, 6) is 0.480. The minimum absolute atomic E-state index is 0.262. The van der Waals surface area contributed by atoms with Crippen LogP contribution in [0.25, 0.3) is 0 Å². The van der Waals surface area contributed by atoms with Crippen LogP contribution in [-0.4, -0.2) is 11.2 Å². The molecule has 0 aromatic carbocycles. The first kappa shape index (κ1) is 8.45. The van der Waals surface area contributed by atoms with Crippen LogP contribution in [-0.2, 0) is 0 Å². The van der Waals surface area contributed by atoms with E-state index in [4.69, 9.17) is 10.4 Å². The normalized spacial score (nSPS) is 13.2. The van der Waals surface area contributed by atoms with E-state index >= 15 is 0 Å². The Morgan fingerprint density at radius 2 is 2.11 bits per heavy atom. The molecule has 0 saturated carbocycles. The second-order valence-corrected chi connectivity index (χ2v) is 2.65. The number of hydrogen-bond donors (Lipinski definition) is 1. The van der Waals surface area contributed by atoms with Crippen molar-refractivity contribution in [2.75, 3.05) is 0 Å². The zero-order valence-electron chi connectivity index (χ0n) is 5.96. The van der Waals surface area contributed by atoms with Gasteiger partial charge in [-0.2, -0.15) is 5.26 Å². The fraction of sp³-hybridized carbons (Fsp3) is 0.857. The highest BCUT2D eigenvalue weighted by molar-refractivity contribution is 4.75. The Hall–Kier alpha value is -0.550. The van der Waals surface area contributed by atoms with Crippen molar-refractivity contribution in [3.63, 3.8) is 0 Å². The van der Waals surface area contributed by atoms with Crippen molar-refractivity contribution in [1.29, 1.82) is 5.26 Å². The van der Waals surface area contributed by atoms with Crippen molar-refractivity contribution in [1.82, 2.24) is 0 Å². The van der Waals surface area contributed by atoms with E-state index in [1.165, 1.54) is 0 Å². The molecule has 2 nitrogen and oxygen atoms in total. The van der Waals surface area contributed by atoms with E-state index in [1.807, 2.05) is 19.9 Å². The number of nitrogens with zero attached hydrogens (tertiary/aromatic N) is 1. The Morgan fingerprint density at radius 3 is 2.44 bits per heavy atom. The minimum Gasteiger partial charge on any atom is -0.392 e. The molecule has 0 aromatic heterocycles. The molecule has 0 aliphatic rings. The number of rotatable bonds is 3. The van der Waals surface area contributed by atoms with Gasteiger partial charge < -0.3 is 5.11 Å². The molecule has 0 aromatic rings. The standard InChI is InChI=1S/C7H13NO/c1-6(2)5-7(9)3-4-8/h6-7,9H,3,5H2,1-2H3/t7-/m1/s1. The van der Waals surface area contributed by atoms with Gasteiger partial charge in [0.25, 0.3) is 0 Å². The van der Waals surface area contributed by atoms with Crippen LogP contribution in [0, 0.1) is 17.2 Å². The average molecular weight is 127 g/mol. The van der Waals surface area contributed by atoms with Gasteiger partial charge in [-0.25, -0.2) is 0 Å². The highest BCUT2D eigenvalue weighted by atomic mass is 16.3. The lowest BCUT2D eigenvalue weighted by molar-refractivity contribution is 0.153. The number of hydrogen-bond acceptors (Lipinski definition) is 2. The largest absolute Gasteiger partial charge is 0.392 e. The van der Waals surface area contributed by atoms with Crippen LogP contribution < -0.4 is 0 Å². The van der Waals surface area contributed by atoms with Crippen LogP contribution in [0.1, 0.15) is 26.7 Å². The van der Waals surface area contributed by atoms with E-state index in [1.54, 1.807) is 0 Å². The first-order valence-electron chi connectivity index (χ1n) is 3.21. The van der Waals surface area contributed by atoms with Crippen molar-refractivity contribution in [3.05, 3.63) is 0 Å². The smallest absolute Gasteiger partial charge is 0.0672 e. The van der Waals surface area contributed by atoms with Crippen LogP contribution in [0.2, 0.25) is 0 Å². The maximum Gasteiger partial charge on any atom is 0.0672 e. The molecule has 0 rings (SSSR count). The minimum atomic E-state index is -0.421. The molecule has 9 heavy (non-hydrogen) atoms. The quantitative estimate of drug-likeness (QED) is 0.621. The summed E-state index contributed by atoms with van der Waals surface area (Å²) in [6.07, 6.45) is 0.571. The second kappa shape index (κ2) is 4.34. The summed E-state index contributed by atoms with van der Waals surface area (Å²) in [5.41, 5.74) is 0. The zero-order chi connectivity index (χ0) is 7.28. The molecule has 0 heterocycles. The van der Waals surface area contributed by atoms with Crippen LogP contribution in [0.5, 0.6) is 0 Å². The Balaban J connectivity index is 3.29. The summed E-state index contributed by atoms with van der Waals surface area (Å²) in [4.78, 5) is 0. The van der Waals surface area contributed by atoms with Crippen molar-refractivity contribution in [2.45, 2.75) is 32.8 Å². The monoisotopic (exact) mass is 127 g/mol. The Morgan fingerprint density at radius 1 is 1.56 bits per heavy atom. The summed E-state index contributed by atoms with van der Waals surface area (Å²) >= 11 is 0.